The van der Waals surface area contributed by atoms with Crippen LogP contribution in [-0.2, 0) is 10.3 Å². The zero-order chi connectivity index (χ0) is 17.2. The maximum Gasteiger partial charge on any atom is 0.136 e. The number of piperidine rings is 1. The van der Waals surface area contributed by atoms with Crippen molar-refractivity contribution in [3.63, 3.8) is 0 Å². The minimum Gasteiger partial charge on any atom is -0.463 e. The van der Waals surface area contributed by atoms with Gasteiger partial charge in [-0.25, -0.2) is 0 Å². The minimum atomic E-state index is -0.969. The zero-order valence-corrected chi connectivity index (χ0v) is 15.3. The number of aliphatic hydroxyl groups is 1. The molecule has 1 aromatic heterocycles. The fourth-order valence-electron chi connectivity index (χ4n) is 3.92. The van der Waals surface area contributed by atoms with E-state index >= 15 is 0 Å². The lowest BCUT2D eigenvalue weighted by atomic mass is 9.92. The molecule has 4 atom stereocenters. The lowest BCUT2D eigenvalue weighted by molar-refractivity contribution is 0.0199. The Morgan fingerprint density at radius 1 is 1.38 bits per heavy atom. The minimum absolute atomic E-state index is 0.435. The van der Waals surface area contributed by atoms with Crippen molar-refractivity contribution in [2.24, 2.45) is 5.92 Å². The first-order chi connectivity index (χ1) is 11.4. The van der Waals surface area contributed by atoms with Crippen molar-refractivity contribution >= 4 is 0 Å². The molecule has 2 N–H and O–H groups in total. The van der Waals surface area contributed by atoms with Crippen LogP contribution < -0.4 is 5.32 Å². The van der Waals surface area contributed by atoms with E-state index in [1.807, 2.05) is 26.0 Å². The standard InChI is InChI=1S/C19H32N2O3/c1-14-11-21(12-16-5-4-10-23-16)9-8-17(14)20-13-19(3,22)18-7-6-15(2)24-18/h6-7,14,16-17,20,22H,4-5,8-13H2,1-3H3. The Morgan fingerprint density at radius 2 is 2.21 bits per heavy atom. The fourth-order valence-corrected chi connectivity index (χ4v) is 3.92. The van der Waals surface area contributed by atoms with Crippen LogP contribution in [0.5, 0.6) is 0 Å². The van der Waals surface area contributed by atoms with E-state index in [1.54, 1.807) is 0 Å². The lowest BCUT2D eigenvalue weighted by Crippen LogP contribution is -2.52. The second-order valence-electron chi connectivity index (χ2n) is 7.83. The first-order valence-electron chi connectivity index (χ1n) is 9.31. The largest absolute Gasteiger partial charge is 0.463 e. The van der Waals surface area contributed by atoms with E-state index in [1.165, 1.54) is 12.8 Å². The van der Waals surface area contributed by atoms with Gasteiger partial charge in [0.25, 0.3) is 0 Å². The molecule has 1 aromatic rings. The van der Waals surface area contributed by atoms with Gasteiger partial charge in [0.05, 0.1) is 6.10 Å². The predicted molar refractivity (Wildman–Crippen MR) is 94.0 cm³/mol. The van der Waals surface area contributed by atoms with Crippen LogP contribution in [0.15, 0.2) is 16.5 Å². The molecule has 0 amide bonds. The number of nitrogens with one attached hydrogen (secondary N) is 1. The van der Waals surface area contributed by atoms with Crippen LogP contribution in [0, 0.1) is 12.8 Å². The summed E-state index contributed by atoms with van der Waals surface area (Å²) in [6, 6.07) is 4.20. The SMILES string of the molecule is Cc1ccc(C(C)(O)CNC2CCN(CC3CCCO3)CC2C)o1. The maximum absolute atomic E-state index is 10.7. The number of hydrogen-bond acceptors (Lipinski definition) is 5. The van der Waals surface area contributed by atoms with Crippen LogP contribution in [-0.4, -0.2) is 54.9 Å². The molecule has 0 aromatic carbocycles. The Labute approximate surface area is 145 Å². The molecule has 136 valence electrons. The quantitative estimate of drug-likeness (QED) is 0.835. The molecule has 2 fully saturated rings. The predicted octanol–water partition coefficient (Wildman–Crippen LogP) is 2.27. The molecule has 5 nitrogen and oxygen atoms in total. The first-order valence-corrected chi connectivity index (χ1v) is 9.31. The highest BCUT2D eigenvalue weighted by molar-refractivity contribution is 5.13. The molecule has 2 aliphatic rings. The highest BCUT2D eigenvalue weighted by Crippen LogP contribution is 2.24. The van der Waals surface area contributed by atoms with Gasteiger partial charge in [-0.05, 0) is 57.7 Å². The average molecular weight is 336 g/mol. The van der Waals surface area contributed by atoms with Gasteiger partial charge in [-0.3, -0.25) is 0 Å². The third-order valence-electron chi connectivity index (χ3n) is 5.45. The van der Waals surface area contributed by atoms with E-state index in [0.29, 0.717) is 30.4 Å². The van der Waals surface area contributed by atoms with Gasteiger partial charge >= 0.3 is 0 Å². The van der Waals surface area contributed by atoms with Gasteiger partial charge < -0.3 is 24.5 Å². The Bertz CT molecular complexity index is 522. The summed E-state index contributed by atoms with van der Waals surface area (Å²) in [6.45, 7) is 10.7. The summed E-state index contributed by atoms with van der Waals surface area (Å²) in [6.07, 6.45) is 3.96. The van der Waals surface area contributed by atoms with E-state index in [-0.39, 0.29) is 0 Å². The van der Waals surface area contributed by atoms with Gasteiger partial charge in [-0.15, -0.1) is 0 Å². The molecule has 4 unspecified atom stereocenters. The maximum atomic E-state index is 10.7. The number of ether oxygens (including phenoxy) is 1. The molecule has 24 heavy (non-hydrogen) atoms. The Hall–Kier alpha value is -0.880. The number of rotatable bonds is 6. The Morgan fingerprint density at radius 3 is 2.83 bits per heavy atom. The van der Waals surface area contributed by atoms with Gasteiger partial charge in [0, 0.05) is 32.3 Å². The summed E-state index contributed by atoms with van der Waals surface area (Å²) in [5.41, 5.74) is -0.969. The highest BCUT2D eigenvalue weighted by Gasteiger charge is 2.32. The first kappa shape index (κ1) is 17.9. The summed E-state index contributed by atoms with van der Waals surface area (Å²) in [7, 11) is 0. The van der Waals surface area contributed by atoms with Crippen LogP contribution in [0.2, 0.25) is 0 Å². The summed E-state index contributed by atoms with van der Waals surface area (Å²) in [5, 5.41) is 14.2. The van der Waals surface area contributed by atoms with Gasteiger partial charge in [0.15, 0.2) is 0 Å². The summed E-state index contributed by atoms with van der Waals surface area (Å²) >= 11 is 0. The lowest BCUT2D eigenvalue weighted by Gasteiger charge is -2.39. The van der Waals surface area contributed by atoms with E-state index in [4.69, 9.17) is 9.15 Å². The second-order valence-corrected chi connectivity index (χ2v) is 7.83. The van der Waals surface area contributed by atoms with Crippen molar-refractivity contribution in [2.75, 3.05) is 32.8 Å². The van der Waals surface area contributed by atoms with Crippen molar-refractivity contribution in [3.05, 3.63) is 23.7 Å². The highest BCUT2D eigenvalue weighted by atomic mass is 16.5. The number of hydrogen-bond donors (Lipinski definition) is 2. The number of likely N-dealkylation sites (tertiary alicyclic amines) is 1. The molecule has 0 bridgehead atoms. The van der Waals surface area contributed by atoms with Crippen molar-refractivity contribution in [1.29, 1.82) is 0 Å². The molecule has 2 aliphatic heterocycles. The number of nitrogens with zero attached hydrogens (tertiary/aromatic N) is 1. The topological polar surface area (TPSA) is 57.9 Å². The number of furan rings is 1. The Kier molecular flexibility index (Phi) is 5.65. The van der Waals surface area contributed by atoms with Crippen LogP contribution >= 0.6 is 0 Å². The third-order valence-corrected chi connectivity index (χ3v) is 5.45. The van der Waals surface area contributed by atoms with Crippen molar-refractivity contribution < 1.29 is 14.3 Å². The molecule has 5 heteroatoms. The monoisotopic (exact) mass is 336 g/mol. The molecule has 3 heterocycles. The van der Waals surface area contributed by atoms with E-state index in [2.05, 4.69) is 17.1 Å². The van der Waals surface area contributed by atoms with Crippen molar-refractivity contribution in [2.45, 2.75) is 57.8 Å². The van der Waals surface area contributed by atoms with Crippen molar-refractivity contribution in [3.8, 4) is 0 Å². The molecule has 2 saturated heterocycles. The summed E-state index contributed by atoms with van der Waals surface area (Å²) in [5.74, 6) is 2.03. The van der Waals surface area contributed by atoms with Gasteiger partial charge in [0.2, 0.25) is 0 Å². The average Bonchev–Trinajstić information content (AvgIpc) is 3.18. The summed E-state index contributed by atoms with van der Waals surface area (Å²) < 4.78 is 11.4. The molecule has 0 aliphatic carbocycles. The Balaban J connectivity index is 1.46. The summed E-state index contributed by atoms with van der Waals surface area (Å²) in [4.78, 5) is 2.53. The molecular weight excluding hydrogens is 304 g/mol. The van der Waals surface area contributed by atoms with Crippen LogP contribution in [0.1, 0.15) is 44.6 Å². The van der Waals surface area contributed by atoms with Gasteiger partial charge in [-0.1, -0.05) is 6.92 Å². The van der Waals surface area contributed by atoms with Crippen LogP contribution in [0.25, 0.3) is 0 Å². The van der Waals surface area contributed by atoms with Crippen molar-refractivity contribution in [1.82, 2.24) is 10.2 Å². The molecular formula is C19H32N2O3. The molecule has 0 radical (unpaired) electrons. The number of aryl methyl sites for hydroxylation is 1. The third kappa shape index (κ3) is 4.39. The van der Waals surface area contributed by atoms with Gasteiger partial charge in [0.1, 0.15) is 17.1 Å². The molecule has 0 saturated carbocycles. The zero-order valence-electron chi connectivity index (χ0n) is 15.3. The van der Waals surface area contributed by atoms with E-state index in [9.17, 15) is 5.11 Å². The normalized spacial score (nSPS) is 31.2. The second kappa shape index (κ2) is 7.56. The van der Waals surface area contributed by atoms with E-state index < -0.39 is 5.60 Å². The van der Waals surface area contributed by atoms with E-state index in [0.717, 1.165) is 38.4 Å². The van der Waals surface area contributed by atoms with Crippen LogP contribution in [0.4, 0.5) is 0 Å². The smallest absolute Gasteiger partial charge is 0.136 e. The fraction of sp³-hybridized carbons (Fsp3) is 0.789. The van der Waals surface area contributed by atoms with Gasteiger partial charge in [-0.2, -0.15) is 0 Å². The molecule has 3 rings (SSSR count). The molecule has 0 spiro atoms. The van der Waals surface area contributed by atoms with Crippen LogP contribution in [0.3, 0.4) is 0 Å².